The Kier molecular flexibility index (Phi) is 6.74. The maximum atomic E-state index is 12.8. The number of urea groups is 1. The van der Waals surface area contributed by atoms with Crippen molar-refractivity contribution in [1.29, 1.82) is 0 Å². The molecule has 0 aliphatic carbocycles. The fourth-order valence-corrected chi connectivity index (χ4v) is 3.10. The van der Waals surface area contributed by atoms with Crippen molar-refractivity contribution in [2.75, 3.05) is 27.9 Å². The smallest absolute Gasteiger partial charge is 0.339 e. The summed E-state index contributed by atoms with van der Waals surface area (Å²) in [5.41, 5.74) is 6.65. The average molecular weight is 439 g/mol. The molecule has 1 aromatic heterocycles. The molecule has 2 aromatic carbocycles. The number of amides is 3. The first kappa shape index (κ1) is 22.3. The Morgan fingerprint density at radius 3 is 2.22 bits per heavy atom. The maximum Gasteiger partial charge on any atom is 0.339 e. The van der Waals surface area contributed by atoms with Gasteiger partial charge in [0.15, 0.2) is 18.1 Å². The number of nitrogens with one attached hydrogen (secondary N) is 1. The zero-order chi connectivity index (χ0) is 23.3. The summed E-state index contributed by atoms with van der Waals surface area (Å²) in [4.78, 5) is 39.8. The number of hydrogen-bond acceptors (Lipinski definition) is 8. The molecule has 0 fully saturated rings. The van der Waals surface area contributed by atoms with Crippen LogP contribution in [0.3, 0.4) is 0 Å². The van der Waals surface area contributed by atoms with Gasteiger partial charge >= 0.3 is 12.0 Å². The number of imide groups is 1. The lowest BCUT2D eigenvalue weighted by Crippen LogP contribution is -2.37. The summed E-state index contributed by atoms with van der Waals surface area (Å²) >= 11 is 0. The van der Waals surface area contributed by atoms with Gasteiger partial charge in [0.1, 0.15) is 0 Å². The first-order chi connectivity index (χ1) is 15.4. The van der Waals surface area contributed by atoms with E-state index in [1.54, 1.807) is 36.4 Å². The molecule has 3 rings (SSSR count). The molecule has 0 unspecified atom stereocenters. The fourth-order valence-electron chi connectivity index (χ4n) is 3.10. The molecule has 3 amide bonds. The lowest BCUT2D eigenvalue weighted by atomic mass is 10.0. The van der Waals surface area contributed by atoms with Crippen molar-refractivity contribution in [3.63, 3.8) is 0 Å². The van der Waals surface area contributed by atoms with Crippen LogP contribution in [0.4, 0.5) is 4.79 Å². The van der Waals surface area contributed by atoms with Crippen molar-refractivity contribution in [1.82, 2.24) is 10.3 Å². The highest BCUT2D eigenvalue weighted by atomic mass is 16.5. The number of nitrogens with zero attached hydrogens (tertiary/aromatic N) is 1. The predicted molar refractivity (Wildman–Crippen MR) is 115 cm³/mol. The van der Waals surface area contributed by atoms with Crippen LogP contribution in [-0.4, -0.2) is 50.8 Å². The zero-order valence-corrected chi connectivity index (χ0v) is 17.6. The van der Waals surface area contributed by atoms with Crippen LogP contribution >= 0.6 is 0 Å². The van der Waals surface area contributed by atoms with Gasteiger partial charge < -0.3 is 24.7 Å². The Morgan fingerprint density at radius 2 is 1.62 bits per heavy atom. The fraction of sp³-hybridized carbons (Fsp3) is 0.182. The van der Waals surface area contributed by atoms with E-state index in [0.717, 1.165) is 0 Å². The van der Waals surface area contributed by atoms with Gasteiger partial charge in [0.25, 0.3) is 5.91 Å². The molecule has 1 heterocycles. The van der Waals surface area contributed by atoms with Crippen molar-refractivity contribution in [3.8, 4) is 28.5 Å². The van der Waals surface area contributed by atoms with Gasteiger partial charge in [-0.3, -0.25) is 10.1 Å². The molecule has 0 saturated heterocycles. The predicted octanol–water partition coefficient (Wildman–Crippen LogP) is 2.28. The minimum absolute atomic E-state index is 0.186. The van der Waals surface area contributed by atoms with Crippen molar-refractivity contribution in [2.24, 2.45) is 5.73 Å². The van der Waals surface area contributed by atoms with Crippen LogP contribution in [0.15, 0.2) is 42.5 Å². The van der Waals surface area contributed by atoms with Crippen LogP contribution in [0.2, 0.25) is 0 Å². The normalized spacial score (nSPS) is 10.3. The quantitative estimate of drug-likeness (QED) is 0.535. The molecule has 10 nitrogen and oxygen atoms in total. The van der Waals surface area contributed by atoms with E-state index in [9.17, 15) is 14.4 Å². The SMILES string of the molecule is COc1cc(-c2cc(C(=O)OCC(=O)NC(N)=O)c3ccccc3n2)cc(OC)c1OC. The summed E-state index contributed by atoms with van der Waals surface area (Å²) in [6.07, 6.45) is 0. The number of carbonyl (C=O) groups excluding carboxylic acids is 3. The minimum atomic E-state index is -1.04. The summed E-state index contributed by atoms with van der Waals surface area (Å²) in [7, 11) is 4.49. The van der Waals surface area contributed by atoms with E-state index in [0.29, 0.717) is 39.4 Å². The molecule has 0 bridgehead atoms. The molecule has 0 saturated carbocycles. The Hall–Kier alpha value is -4.34. The van der Waals surface area contributed by atoms with Crippen LogP contribution in [0.25, 0.3) is 22.2 Å². The van der Waals surface area contributed by atoms with Gasteiger partial charge in [-0.15, -0.1) is 0 Å². The Balaban J connectivity index is 2.06. The highest BCUT2D eigenvalue weighted by Crippen LogP contribution is 2.41. The second kappa shape index (κ2) is 9.65. The molecule has 32 heavy (non-hydrogen) atoms. The first-order valence-electron chi connectivity index (χ1n) is 9.34. The van der Waals surface area contributed by atoms with Gasteiger partial charge in [-0.1, -0.05) is 18.2 Å². The van der Waals surface area contributed by atoms with Gasteiger partial charge in [0.2, 0.25) is 5.75 Å². The largest absolute Gasteiger partial charge is 0.493 e. The van der Waals surface area contributed by atoms with E-state index in [4.69, 9.17) is 24.7 Å². The van der Waals surface area contributed by atoms with E-state index in [2.05, 4.69) is 4.98 Å². The molecule has 10 heteroatoms. The number of carbonyl (C=O) groups is 3. The number of pyridine rings is 1. The Labute approximate surface area is 183 Å². The number of benzene rings is 2. The third kappa shape index (κ3) is 4.69. The number of para-hydroxylation sites is 1. The number of nitrogens with two attached hydrogens (primary N) is 1. The Morgan fingerprint density at radius 1 is 0.969 bits per heavy atom. The highest BCUT2D eigenvalue weighted by Gasteiger charge is 2.19. The summed E-state index contributed by atoms with van der Waals surface area (Å²) in [6, 6.07) is 10.9. The second-order valence-electron chi connectivity index (χ2n) is 6.47. The summed E-state index contributed by atoms with van der Waals surface area (Å²) in [5, 5.41) is 2.36. The number of ether oxygens (including phenoxy) is 4. The summed E-state index contributed by atoms with van der Waals surface area (Å²) in [5.74, 6) is -0.348. The molecule has 0 spiro atoms. The van der Waals surface area contributed by atoms with E-state index in [1.165, 1.54) is 27.4 Å². The number of rotatable bonds is 7. The topological polar surface area (TPSA) is 139 Å². The van der Waals surface area contributed by atoms with Crippen molar-refractivity contribution < 1.29 is 33.3 Å². The number of aromatic nitrogens is 1. The number of methoxy groups -OCH3 is 3. The number of primary amides is 1. The highest BCUT2D eigenvalue weighted by molar-refractivity contribution is 6.05. The van der Waals surface area contributed by atoms with Crippen LogP contribution in [0, 0.1) is 0 Å². The molecule has 0 atom stereocenters. The number of esters is 1. The van der Waals surface area contributed by atoms with E-state index in [-0.39, 0.29) is 5.56 Å². The van der Waals surface area contributed by atoms with Gasteiger partial charge in [-0.25, -0.2) is 14.6 Å². The third-order valence-electron chi connectivity index (χ3n) is 4.49. The molecule has 166 valence electrons. The van der Waals surface area contributed by atoms with Crippen LogP contribution < -0.4 is 25.3 Å². The molecule has 0 aliphatic rings. The molecule has 0 radical (unpaired) electrons. The lowest BCUT2D eigenvalue weighted by molar-refractivity contribution is -0.123. The second-order valence-corrected chi connectivity index (χ2v) is 6.47. The molecule has 0 aliphatic heterocycles. The van der Waals surface area contributed by atoms with Crippen LogP contribution in [0.1, 0.15) is 10.4 Å². The van der Waals surface area contributed by atoms with Crippen molar-refractivity contribution in [3.05, 3.63) is 48.0 Å². The number of fused-ring (bicyclic) bond motifs is 1. The zero-order valence-electron chi connectivity index (χ0n) is 17.6. The standard InChI is InChI=1S/C22H21N3O7/c1-29-17-8-12(9-18(30-2)20(17)31-3)16-10-14(13-6-4-5-7-15(13)24-16)21(27)32-11-19(26)25-22(23)28/h4-10H,11H2,1-3H3,(H3,23,25,26,28). The van der Waals surface area contributed by atoms with Crippen LogP contribution in [0.5, 0.6) is 17.2 Å². The summed E-state index contributed by atoms with van der Waals surface area (Å²) in [6.45, 7) is -0.669. The van der Waals surface area contributed by atoms with E-state index in [1.807, 2.05) is 5.32 Å². The third-order valence-corrected chi connectivity index (χ3v) is 4.49. The lowest BCUT2D eigenvalue weighted by Gasteiger charge is -2.15. The van der Waals surface area contributed by atoms with Gasteiger partial charge in [-0.2, -0.15) is 0 Å². The Bertz CT molecular complexity index is 1170. The number of hydrogen-bond donors (Lipinski definition) is 2. The van der Waals surface area contributed by atoms with Crippen molar-refractivity contribution in [2.45, 2.75) is 0 Å². The first-order valence-corrected chi connectivity index (χ1v) is 9.34. The minimum Gasteiger partial charge on any atom is -0.493 e. The maximum absolute atomic E-state index is 12.8. The van der Waals surface area contributed by atoms with Crippen molar-refractivity contribution >= 4 is 28.8 Å². The van der Waals surface area contributed by atoms with E-state index < -0.39 is 24.5 Å². The van der Waals surface area contributed by atoms with Gasteiger partial charge in [-0.05, 0) is 24.3 Å². The van der Waals surface area contributed by atoms with Crippen LogP contribution in [-0.2, 0) is 9.53 Å². The van der Waals surface area contributed by atoms with E-state index >= 15 is 0 Å². The molecule has 3 aromatic rings. The molecular formula is C22H21N3O7. The molecule has 3 N–H and O–H groups in total. The van der Waals surface area contributed by atoms with Gasteiger partial charge in [0.05, 0.1) is 38.1 Å². The average Bonchev–Trinajstić information content (AvgIpc) is 2.80. The van der Waals surface area contributed by atoms with Gasteiger partial charge in [0, 0.05) is 10.9 Å². The molecular weight excluding hydrogens is 418 g/mol. The summed E-state index contributed by atoms with van der Waals surface area (Å²) < 4.78 is 21.2. The monoisotopic (exact) mass is 439 g/mol.